The number of carbonyl (C=O) groups is 1. The fraction of sp³-hybridized carbons (Fsp3) is 0.667. The highest BCUT2D eigenvalue weighted by molar-refractivity contribution is 5.82. The van der Waals surface area contributed by atoms with Crippen molar-refractivity contribution in [3.8, 4) is 0 Å². The highest BCUT2D eigenvalue weighted by atomic mass is 16.5. The van der Waals surface area contributed by atoms with Gasteiger partial charge >= 0.3 is 0 Å². The Hall–Kier alpha value is -1.36. The Morgan fingerprint density at radius 2 is 2.18 bits per heavy atom. The number of amides is 1. The van der Waals surface area contributed by atoms with Gasteiger partial charge in [-0.1, -0.05) is 19.0 Å². The lowest BCUT2D eigenvalue weighted by molar-refractivity contribution is -0.131. The van der Waals surface area contributed by atoms with Gasteiger partial charge in [0, 0.05) is 12.6 Å². The number of hydrogen-bond acceptors (Lipinski definition) is 4. The maximum Gasteiger partial charge on any atom is 0.227 e. The van der Waals surface area contributed by atoms with Gasteiger partial charge < -0.3 is 15.6 Å². The number of hydrogen-bond donors (Lipinski definition) is 2. The molecule has 1 aromatic rings. The molecule has 3 N–H and O–H groups in total. The SMILES string of the molecule is CCC(CC)(CN)C(=O)NCc1cc(C)no1. The minimum absolute atomic E-state index is 0.0148. The molecule has 0 aliphatic heterocycles. The van der Waals surface area contributed by atoms with Crippen molar-refractivity contribution in [3.05, 3.63) is 17.5 Å². The Bertz CT molecular complexity index is 361. The first-order chi connectivity index (χ1) is 8.07. The van der Waals surface area contributed by atoms with Gasteiger partial charge in [0.1, 0.15) is 0 Å². The summed E-state index contributed by atoms with van der Waals surface area (Å²) in [7, 11) is 0. The molecule has 0 unspecified atom stereocenters. The predicted molar refractivity (Wildman–Crippen MR) is 65.2 cm³/mol. The summed E-state index contributed by atoms with van der Waals surface area (Å²) in [6.45, 7) is 6.53. The first-order valence-electron chi connectivity index (χ1n) is 5.98. The van der Waals surface area contributed by atoms with Gasteiger partial charge in [0.2, 0.25) is 5.91 Å². The number of nitrogens with two attached hydrogens (primary N) is 1. The number of rotatable bonds is 6. The molecule has 5 heteroatoms. The molecule has 0 aliphatic rings. The minimum atomic E-state index is -0.463. The molecular weight excluding hydrogens is 218 g/mol. The number of aromatic nitrogens is 1. The molecule has 0 atom stereocenters. The Morgan fingerprint density at radius 3 is 2.59 bits per heavy atom. The van der Waals surface area contributed by atoms with Crippen LogP contribution in [0.1, 0.15) is 38.1 Å². The summed E-state index contributed by atoms with van der Waals surface area (Å²) in [5, 5.41) is 6.62. The molecule has 1 amide bonds. The van der Waals surface area contributed by atoms with E-state index in [0.717, 1.165) is 18.5 Å². The van der Waals surface area contributed by atoms with E-state index in [1.165, 1.54) is 0 Å². The zero-order valence-electron chi connectivity index (χ0n) is 10.7. The van der Waals surface area contributed by atoms with Gasteiger partial charge in [-0.3, -0.25) is 4.79 Å². The van der Waals surface area contributed by atoms with E-state index in [4.69, 9.17) is 10.3 Å². The van der Waals surface area contributed by atoms with E-state index in [0.29, 0.717) is 18.8 Å². The second-order valence-electron chi connectivity index (χ2n) is 4.31. The molecule has 0 bridgehead atoms. The highest BCUT2D eigenvalue weighted by Crippen LogP contribution is 2.25. The fourth-order valence-corrected chi connectivity index (χ4v) is 1.81. The first-order valence-corrected chi connectivity index (χ1v) is 5.98. The Kier molecular flexibility index (Phi) is 4.69. The molecule has 1 rings (SSSR count). The lowest BCUT2D eigenvalue weighted by Gasteiger charge is -2.28. The molecule has 0 saturated carbocycles. The van der Waals surface area contributed by atoms with Crippen LogP contribution in [-0.2, 0) is 11.3 Å². The van der Waals surface area contributed by atoms with Crippen molar-refractivity contribution in [2.24, 2.45) is 11.1 Å². The van der Waals surface area contributed by atoms with Crippen LogP contribution in [0.2, 0.25) is 0 Å². The van der Waals surface area contributed by atoms with Gasteiger partial charge in [0.05, 0.1) is 17.7 Å². The molecule has 1 aromatic heterocycles. The fourth-order valence-electron chi connectivity index (χ4n) is 1.81. The number of nitrogens with zero attached hydrogens (tertiary/aromatic N) is 1. The second-order valence-corrected chi connectivity index (χ2v) is 4.31. The molecule has 0 spiro atoms. The summed E-state index contributed by atoms with van der Waals surface area (Å²) in [6, 6.07) is 1.81. The van der Waals surface area contributed by atoms with Crippen molar-refractivity contribution in [3.63, 3.8) is 0 Å². The smallest absolute Gasteiger partial charge is 0.227 e. The van der Waals surface area contributed by atoms with Crippen LogP contribution < -0.4 is 11.1 Å². The van der Waals surface area contributed by atoms with Gasteiger partial charge in [-0.2, -0.15) is 0 Å². The van der Waals surface area contributed by atoms with Crippen molar-refractivity contribution >= 4 is 5.91 Å². The number of aryl methyl sites for hydroxylation is 1. The molecule has 1 heterocycles. The zero-order chi connectivity index (χ0) is 12.9. The monoisotopic (exact) mass is 239 g/mol. The van der Waals surface area contributed by atoms with Gasteiger partial charge in [-0.25, -0.2) is 0 Å². The summed E-state index contributed by atoms with van der Waals surface area (Å²) in [5.74, 6) is 0.646. The standard InChI is InChI=1S/C12H21N3O2/c1-4-12(5-2,8-13)11(16)14-7-10-6-9(3)15-17-10/h6H,4-5,7-8,13H2,1-3H3,(H,14,16). The van der Waals surface area contributed by atoms with E-state index in [1.807, 2.05) is 26.8 Å². The third kappa shape index (κ3) is 3.06. The van der Waals surface area contributed by atoms with Crippen LogP contribution in [0.4, 0.5) is 0 Å². The van der Waals surface area contributed by atoms with Crippen LogP contribution in [0.5, 0.6) is 0 Å². The lowest BCUT2D eigenvalue weighted by atomic mass is 9.81. The van der Waals surface area contributed by atoms with Crippen molar-refractivity contribution in [2.45, 2.75) is 40.2 Å². The van der Waals surface area contributed by atoms with Gasteiger partial charge in [0.25, 0.3) is 0 Å². The zero-order valence-corrected chi connectivity index (χ0v) is 10.7. The van der Waals surface area contributed by atoms with Crippen LogP contribution in [0.3, 0.4) is 0 Å². The molecule has 0 radical (unpaired) electrons. The number of carbonyl (C=O) groups excluding carboxylic acids is 1. The molecule has 0 fully saturated rings. The number of nitrogens with one attached hydrogen (secondary N) is 1. The molecule has 5 nitrogen and oxygen atoms in total. The van der Waals surface area contributed by atoms with Crippen LogP contribution in [-0.4, -0.2) is 17.6 Å². The van der Waals surface area contributed by atoms with E-state index < -0.39 is 5.41 Å². The maximum absolute atomic E-state index is 12.1. The topological polar surface area (TPSA) is 81.2 Å². The summed E-state index contributed by atoms with van der Waals surface area (Å²) in [4.78, 5) is 12.1. The van der Waals surface area contributed by atoms with Crippen LogP contribution in [0.15, 0.2) is 10.6 Å². The average molecular weight is 239 g/mol. The maximum atomic E-state index is 12.1. The third-order valence-electron chi connectivity index (χ3n) is 3.33. The molecule has 17 heavy (non-hydrogen) atoms. The summed E-state index contributed by atoms with van der Waals surface area (Å²) < 4.78 is 5.03. The van der Waals surface area contributed by atoms with Gasteiger partial charge in [0.15, 0.2) is 5.76 Å². The molecule has 0 aromatic carbocycles. The average Bonchev–Trinajstić information content (AvgIpc) is 2.75. The highest BCUT2D eigenvalue weighted by Gasteiger charge is 2.33. The molecule has 0 saturated heterocycles. The Balaban J connectivity index is 2.59. The molecule has 96 valence electrons. The van der Waals surface area contributed by atoms with E-state index in [9.17, 15) is 4.79 Å². The van der Waals surface area contributed by atoms with E-state index in [2.05, 4.69) is 10.5 Å². The molecule has 0 aliphatic carbocycles. The van der Waals surface area contributed by atoms with Crippen LogP contribution in [0.25, 0.3) is 0 Å². The minimum Gasteiger partial charge on any atom is -0.359 e. The quantitative estimate of drug-likeness (QED) is 0.785. The summed E-state index contributed by atoms with van der Waals surface area (Å²) in [6.07, 6.45) is 1.47. The predicted octanol–water partition coefficient (Wildman–Crippen LogP) is 1.36. The normalized spacial score (nSPS) is 11.5. The van der Waals surface area contributed by atoms with Crippen molar-refractivity contribution in [2.75, 3.05) is 6.54 Å². The Morgan fingerprint density at radius 1 is 1.53 bits per heavy atom. The molecular formula is C12H21N3O2. The van der Waals surface area contributed by atoms with Crippen molar-refractivity contribution in [1.82, 2.24) is 10.5 Å². The van der Waals surface area contributed by atoms with Crippen molar-refractivity contribution in [1.29, 1.82) is 0 Å². The summed E-state index contributed by atoms with van der Waals surface area (Å²) >= 11 is 0. The lowest BCUT2D eigenvalue weighted by Crippen LogP contribution is -2.44. The van der Waals surface area contributed by atoms with E-state index in [-0.39, 0.29) is 5.91 Å². The van der Waals surface area contributed by atoms with E-state index in [1.54, 1.807) is 0 Å². The van der Waals surface area contributed by atoms with Gasteiger partial charge in [-0.05, 0) is 19.8 Å². The summed E-state index contributed by atoms with van der Waals surface area (Å²) in [5.41, 5.74) is 6.05. The van der Waals surface area contributed by atoms with E-state index >= 15 is 0 Å². The third-order valence-corrected chi connectivity index (χ3v) is 3.33. The largest absolute Gasteiger partial charge is 0.359 e. The van der Waals surface area contributed by atoms with Gasteiger partial charge in [-0.15, -0.1) is 0 Å². The second kappa shape index (κ2) is 5.82. The van der Waals surface area contributed by atoms with Crippen LogP contribution in [0, 0.1) is 12.3 Å². The van der Waals surface area contributed by atoms with Crippen molar-refractivity contribution < 1.29 is 9.32 Å². The Labute approximate surface area is 102 Å². The first kappa shape index (κ1) is 13.7. The van der Waals surface area contributed by atoms with Crippen LogP contribution >= 0.6 is 0 Å².